The van der Waals surface area contributed by atoms with Crippen molar-refractivity contribution in [3.05, 3.63) is 0 Å². The summed E-state index contributed by atoms with van der Waals surface area (Å²) in [7, 11) is 0. The first kappa shape index (κ1) is 20.8. The summed E-state index contributed by atoms with van der Waals surface area (Å²) in [4.78, 5) is 4.44. The van der Waals surface area contributed by atoms with Crippen LogP contribution in [0.25, 0.3) is 0 Å². The minimum Gasteiger partial charge on any atom is -0.394 e. The van der Waals surface area contributed by atoms with E-state index in [1.165, 1.54) is 5.64 Å². The Labute approximate surface area is 141 Å². The van der Waals surface area contributed by atoms with Crippen molar-refractivity contribution in [3.8, 4) is 0 Å². The summed E-state index contributed by atoms with van der Waals surface area (Å²) in [6.07, 6.45) is -15.5. The van der Waals surface area contributed by atoms with Crippen LogP contribution in [0.1, 0.15) is 0 Å². The van der Waals surface area contributed by atoms with Gasteiger partial charge in [-0.1, -0.05) is 5.64 Å². The van der Waals surface area contributed by atoms with E-state index in [0.717, 1.165) is 0 Å². The Morgan fingerprint density at radius 1 is 0.720 bits per heavy atom. The van der Waals surface area contributed by atoms with E-state index in [1.54, 1.807) is 0 Å². The molecule has 0 saturated carbocycles. The lowest BCUT2D eigenvalue weighted by molar-refractivity contribution is -0.375. The minimum absolute atomic E-state index is 0.682. The molecule has 2 aliphatic heterocycles. The van der Waals surface area contributed by atoms with E-state index in [1.807, 2.05) is 0 Å². The van der Waals surface area contributed by atoms with Crippen molar-refractivity contribution in [3.63, 3.8) is 0 Å². The van der Waals surface area contributed by atoms with Crippen LogP contribution < -0.4 is 5.64 Å². The third-order valence-corrected chi connectivity index (χ3v) is 4.13. The Bertz CT molecular complexity index is 412. The maximum Gasteiger partial charge on any atom is 0.209 e. The molecule has 0 bridgehead atoms. The van der Waals surface area contributed by atoms with E-state index in [9.17, 15) is 30.6 Å². The summed E-state index contributed by atoms with van der Waals surface area (Å²) in [5.74, 6) is 0. The number of hydrogen-bond donors (Lipinski definition) is 9. The summed E-state index contributed by atoms with van der Waals surface area (Å²) >= 11 is 0. The van der Waals surface area contributed by atoms with E-state index >= 15 is 0 Å². The highest BCUT2D eigenvalue weighted by Crippen LogP contribution is 2.29. The lowest BCUT2D eigenvalue weighted by Crippen LogP contribution is -2.65. The van der Waals surface area contributed by atoms with Gasteiger partial charge < -0.3 is 50.0 Å². The van der Waals surface area contributed by atoms with Crippen molar-refractivity contribution in [2.24, 2.45) is 0 Å². The Hall–Kier alpha value is -0.520. The predicted molar refractivity (Wildman–Crippen MR) is 72.4 cm³/mol. The molecular weight excluding hydrogens is 350 g/mol. The number of aliphatic hydroxyl groups is 7. The highest BCUT2D eigenvalue weighted by molar-refractivity contribution is 4.93. The van der Waals surface area contributed by atoms with Gasteiger partial charge in [0.15, 0.2) is 6.29 Å². The smallest absolute Gasteiger partial charge is 0.209 e. The largest absolute Gasteiger partial charge is 0.394 e. The number of ether oxygens (including phenoxy) is 3. The normalized spacial score (nSPS) is 48.5. The first-order chi connectivity index (χ1) is 11.8. The van der Waals surface area contributed by atoms with E-state index < -0.39 is 74.6 Å². The van der Waals surface area contributed by atoms with Gasteiger partial charge in [-0.05, 0) is 0 Å². The first-order valence-corrected chi connectivity index (χ1v) is 7.48. The number of aliphatic hydroxyl groups excluding tert-OH is 7. The van der Waals surface area contributed by atoms with Crippen molar-refractivity contribution < 1.29 is 60.0 Å². The quantitative estimate of drug-likeness (QED) is 0.199. The Balaban J connectivity index is 2.11. The topological polar surface area (TPSA) is 211 Å². The molecular formula is C12H23NO12. The molecule has 13 heteroatoms. The van der Waals surface area contributed by atoms with Crippen LogP contribution in [0.5, 0.6) is 0 Å². The summed E-state index contributed by atoms with van der Waals surface area (Å²) in [5, 5.41) is 76.4. The molecule has 2 heterocycles. The van der Waals surface area contributed by atoms with Gasteiger partial charge in [0.25, 0.3) is 0 Å². The fourth-order valence-electron chi connectivity index (χ4n) is 2.70. The summed E-state index contributed by atoms with van der Waals surface area (Å²) in [5.41, 5.74) is 1.29. The third-order valence-electron chi connectivity index (χ3n) is 4.13. The van der Waals surface area contributed by atoms with Gasteiger partial charge in [0, 0.05) is 0 Å². The van der Waals surface area contributed by atoms with Crippen LogP contribution in [0.15, 0.2) is 0 Å². The van der Waals surface area contributed by atoms with Gasteiger partial charge >= 0.3 is 0 Å². The molecule has 0 amide bonds. The molecule has 2 rings (SSSR count). The highest BCUT2D eigenvalue weighted by atomic mass is 16.9. The zero-order valence-electron chi connectivity index (χ0n) is 12.9. The summed E-state index contributed by atoms with van der Waals surface area (Å²) in [6, 6.07) is 0. The third kappa shape index (κ3) is 4.25. The maximum atomic E-state index is 10.1. The van der Waals surface area contributed by atoms with Crippen molar-refractivity contribution in [2.75, 3.05) is 13.2 Å². The van der Waals surface area contributed by atoms with Gasteiger partial charge in [0.2, 0.25) is 6.29 Å². The Kier molecular flexibility index (Phi) is 7.41. The average molecular weight is 373 g/mol. The Morgan fingerprint density at radius 3 is 1.84 bits per heavy atom. The molecule has 0 aliphatic carbocycles. The molecule has 0 aromatic rings. The first-order valence-electron chi connectivity index (χ1n) is 7.48. The van der Waals surface area contributed by atoms with Crippen molar-refractivity contribution >= 4 is 0 Å². The standard InChI is InChI=1S/C12H23NO12/c14-1-3-5(16)6(17)8(19)11(22-3)24-10-4(2-15)23-12(25-13-21)9(20)7(10)18/h3-21H,1-2H2/t3-,4-,5+,6+,7-,8-,9-,10-,11+,12?/m1/s1. The molecule has 0 radical (unpaired) electrons. The fraction of sp³-hybridized carbons (Fsp3) is 1.00. The maximum absolute atomic E-state index is 10.1. The van der Waals surface area contributed by atoms with E-state index in [4.69, 9.17) is 24.5 Å². The van der Waals surface area contributed by atoms with Gasteiger partial charge in [-0.15, -0.1) is 0 Å². The summed E-state index contributed by atoms with van der Waals surface area (Å²) in [6.45, 7) is -1.38. The van der Waals surface area contributed by atoms with Gasteiger partial charge in [0.05, 0.1) is 13.2 Å². The zero-order chi connectivity index (χ0) is 18.7. The zero-order valence-corrected chi connectivity index (χ0v) is 12.9. The second-order valence-electron chi connectivity index (χ2n) is 5.71. The van der Waals surface area contributed by atoms with Crippen LogP contribution >= 0.6 is 0 Å². The van der Waals surface area contributed by atoms with E-state index in [0.29, 0.717) is 0 Å². The molecule has 0 aromatic carbocycles. The van der Waals surface area contributed by atoms with Gasteiger partial charge in [-0.2, -0.15) is 0 Å². The molecule has 148 valence electrons. The highest BCUT2D eigenvalue weighted by Gasteiger charge is 2.50. The predicted octanol–water partition coefficient (Wildman–Crippen LogP) is -5.48. The molecule has 25 heavy (non-hydrogen) atoms. The van der Waals surface area contributed by atoms with E-state index in [-0.39, 0.29) is 0 Å². The lowest BCUT2D eigenvalue weighted by atomic mass is 9.97. The SMILES string of the molecule is OC[C@H]1O[C@@H](O[C@H]2[C@H](O)[C@@H](O)C(ONO)O[C@@H]2CO)[C@H](O)[C@@H](O)[C@H]1O. The number of nitrogens with one attached hydrogen (secondary N) is 1. The summed E-state index contributed by atoms with van der Waals surface area (Å²) < 4.78 is 15.6. The molecule has 2 aliphatic rings. The van der Waals surface area contributed by atoms with Crippen LogP contribution in [-0.4, -0.2) is 116 Å². The molecule has 13 nitrogen and oxygen atoms in total. The van der Waals surface area contributed by atoms with Crippen LogP contribution in [0.2, 0.25) is 0 Å². The second kappa shape index (κ2) is 8.92. The lowest BCUT2D eigenvalue weighted by Gasteiger charge is -2.45. The molecule has 1 unspecified atom stereocenters. The van der Waals surface area contributed by atoms with Gasteiger partial charge in [-0.25, -0.2) is 4.84 Å². The molecule has 2 saturated heterocycles. The second-order valence-corrected chi connectivity index (χ2v) is 5.71. The number of hydrogen-bond acceptors (Lipinski definition) is 13. The van der Waals surface area contributed by atoms with Crippen LogP contribution in [-0.2, 0) is 19.0 Å². The van der Waals surface area contributed by atoms with Crippen molar-refractivity contribution in [1.29, 1.82) is 0 Å². The van der Waals surface area contributed by atoms with Gasteiger partial charge in [0.1, 0.15) is 48.8 Å². The minimum atomic E-state index is -1.74. The molecule has 9 N–H and O–H groups in total. The number of rotatable bonds is 6. The van der Waals surface area contributed by atoms with Crippen LogP contribution in [0, 0.1) is 0 Å². The van der Waals surface area contributed by atoms with Crippen LogP contribution in [0.3, 0.4) is 0 Å². The molecule has 2 fully saturated rings. The molecule has 10 atom stereocenters. The molecule has 0 aromatic heterocycles. The Morgan fingerprint density at radius 2 is 1.28 bits per heavy atom. The van der Waals surface area contributed by atoms with Crippen molar-refractivity contribution in [1.82, 2.24) is 5.64 Å². The average Bonchev–Trinajstić information content (AvgIpc) is 2.61. The van der Waals surface area contributed by atoms with E-state index in [2.05, 4.69) is 4.84 Å². The van der Waals surface area contributed by atoms with Crippen molar-refractivity contribution in [2.45, 2.75) is 61.4 Å². The molecule has 0 spiro atoms. The fourth-order valence-corrected chi connectivity index (χ4v) is 2.70. The van der Waals surface area contributed by atoms with Gasteiger partial charge in [-0.3, -0.25) is 5.21 Å². The van der Waals surface area contributed by atoms with Crippen LogP contribution in [0.4, 0.5) is 0 Å². The monoisotopic (exact) mass is 373 g/mol.